The lowest BCUT2D eigenvalue weighted by molar-refractivity contribution is -0.142. The summed E-state index contributed by atoms with van der Waals surface area (Å²) >= 11 is 6.26. The van der Waals surface area contributed by atoms with E-state index in [2.05, 4.69) is 15.0 Å². The highest BCUT2D eigenvalue weighted by atomic mass is 35.5. The van der Waals surface area contributed by atoms with Gasteiger partial charge in [0.25, 0.3) is 5.91 Å². The maximum absolute atomic E-state index is 13.9. The first-order valence-electron chi connectivity index (χ1n) is 11.6. The molecule has 2 aromatic heterocycles. The topological polar surface area (TPSA) is 63.0 Å². The molecular weight excluding hydrogens is 507 g/mol. The van der Waals surface area contributed by atoms with Crippen molar-refractivity contribution in [1.29, 1.82) is 0 Å². The number of amides is 1. The number of halogens is 4. The molecule has 1 amide bonds. The molecule has 0 radical (unpaired) electrons. The van der Waals surface area contributed by atoms with Gasteiger partial charge in [-0.1, -0.05) is 29.8 Å². The fraction of sp³-hybridized carbons (Fsp3) is 0.269. The predicted molar refractivity (Wildman–Crippen MR) is 133 cm³/mol. The van der Waals surface area contributed by atoms with Crippen LogP contribution in [0.15, 0.2) is 60.7 Å². The number of methoxy groups -OCH3 is 1. The number of carbonyl (C=O) groups is 1. The lowest BCUT2D eigenvalue weighted by Crippen LogP contribution is -2.48. The van der Waals surface area contributed by atoms with Crippen LogP contribution in [-0.4, -0.2) is 63.6 Å². The van der Waals surface area contributed by atoms with Crippen molar-refractivity contribution < 1.29 is 22.7 Å². The van der Waals surface area contributed by atoms with Gasteiger partial charge in [-0.2, -0.15) is 18.3 Å². The van der Waals surface area contributed by atoms with E-state index in [1.165, 1.54) is 13.2 Å². The smallest absolute Gasteiger partial charge is 0.433 e. The fourth-order valence-electron chi connectivity index (χ4n) is 4.33. The molecule has 0 bridgehead atoms. The van der Waals surface area contributed by atoms with Crippen LogP contribution >= 0.6 is 11.6 Å². The molecule has 37 heavy (non-hydrogen) atoms. The lowest BCUT2D eigenvalue weighted by Gasteiger charge is -2.34. The number of alkyl halides is 3. The minimum absolute atomic E-state index is 0.0543. The Hall–Kier alpha value is -3.63. The summed E-state index contributed by atoms with van der Waals surface area (Å²) in [5.41, 5.74) is 0.465. The average Bonchev–Trinajstić information content (AvgIpc) is 3.33. The lowest BCUT2D eigenvalue weighted by atomic mass is 10.1. The first-order valence-corrected chi connectivity index (χ1v) is 12.0. The van der Waals surface area contributed by atoms with Gasteiger partial charge >= 0.3 is 6.18 Å². The van der Waals surface area contributed by atoms with Crippen molar-refractivity contribution >= 4 is 23.2 Å². The van der Waals surface area contributed by atoms with Gasteiger partial charge < -0.3 is 9.64 Å². The molecule has 1 aliphatic heterocycles. The molecule has 0 N–H and O–H groups in total. The molecule has 0 atom stereocenters. The Balaban J connectivity index is 1.37. The summed E-state index contributed by atoms with van der Waals surface area (Å²) in [4.78, 5) is 21.3. The van der Waals surface area contributed by atoms with E-state index in [0.717, 1.165) is 11.6 Å². The first kappa shape index (κ1) is 25.0. The number of hydrogen-bond acceptors (Lipinski definition) is 5. The van der Waals surface area contributed by atoms with E-state index in [1.807, 2.05) is 24.3 Å². The van der Waals surface area contributed by atoms with Gasteiger partial charge in [0, 0.05) is 49.4 Å². The maximum Gasteiger partial charge on any atom is 0.433 e. The standard InChI is InChI=1S/C26H23ClF3N5O2/c1-37-19-8-6-17(7-9-19)21-14-23(26(28,29)30)35-24(31-21)15-22(32-35)25(36)34-12-10-33(11-13-34)16-18-4-2-3-5-20(18)27/h2-9,14-15H,10-13,16H2,1H3. The number of rotatable bonds is 5. The Morgan fingerprint density at radius 1 is 1.03 bits per heavy atom. The molecule has 2 aromatic carbocycles. The first-order chi connectivity index (χ1) is 17.7. The number of benzene rings is 2. The molecule has 1 fully saturated rings. The van der Waals surface area contributed by atoms with Crippen LogP contribution in [0.3, 0.4) is 0 Å². The average molecular weight is 530 g/mol. The van der Waals surface area contributed by atoms with Crippen molar-refractivity contribution in [3.8, 4) is 17.0 Å². The molecule has 192 valence electrons. The SMILES string of the molecule is COc1ccc(-c2cc(C(F)(F)F)n3nc(C(=O)N4CCN(Cc5ccccc5Cl)CC4)cc3n2)cc1. The number of ether oxygens (including phenoxy) is 1. The van der Waals surface area contributed by atoms with Crippen LogP contribution in [0.25, 0.3) is 16.9 Å². The summed E-state index contributed by atoms with van der Waals surface area (Å²) in [5, 5.41) is 4.69. The maximum atomic E-state index is 13.9. The second-order valence-corrected chi connectivity index (χ2v) is 9.12. The van der Waals surface area contributed by atoms with Crippen molar-refractivity contribution in [3.63, 3.8) is 0 Å². The summed E-state index contributed by atoms with van der Waals surface area (Å²) < 4.78 is 47.6. The third kappa shape index (κ3) is 5.26. The van der Waals surface area contributed by atoms with Gasteiger partial charge in [0.15, 0.2) is 17.0 Å². The summed E-state index contributed by atoms with van der Waals surface area (Å²) in [6.07, 6.45) is -4.70. The number of carbonyl (C=O) groups excluding carboxylic acids is 1. The summed E-state index contributed by atoms with van der Waals surface area (Å²) in [7, 11) is 1.50. The minimum atomic E-state index is -4.70. The van der Waals surface area contributed by atoms with E-state index in [9.17, 15) is 18.0 Å². The molecule has 0 saturated carbocycles. The molecule has 0 spiro atoms. The van der Waals surface area contributed by atoms with Crippen molar-refractivity contribution in [2.75, 3.05) is 33.3 Å². The van der Waals surface area contributed by atoms with Crippen LogP contribution in [0.1, 0.15) is 21.7 Å². The monoisotopic (exact) mass is 529 g/mol. The van der Waals surface area contributed by atoms with Crippen molar-refractivity contribution in [2.24, 2.45) is 0 Å². The summed E-state index contributed by atoms with van der Waals surface area (Å²) in [6.45, 7) is 2.72. The van der Waals surface area contributed by atoms with Crippen LogP contribution in [-0.2, 0) is 12.7 Å². The Morgan fingerprint density at radius 3 is 2.38 bits per heavy atom. The minimum Gasteiger partial charge on any atom is -0.497 e. The van der Waals surface area contributed by atoms with E-state index in [0.29, 0.717) is 53.6 Å². The van der Waals surface area contributed by atoms with E-state index >= 15 is 0 Å². The highest BCUT2D eigenvalue weighted by Gasteiger charge is 2.36. The van der Waals surface area contributed by atoms with Crippen molar-refractivity contribution in [2.45, 2.75) is 12.7 Å². The molecule has 7 nitrogen and oxygen atoms in total. The molecule has 0 aliphatic carbocycles. The zero-order chi connectivity index (χ0) is 26.2. The predicted octanol–water partition coefficient (Wildman–Crippen LogP) is 5.04. The number of nitrogens with zero attached hydrogens (tertiary/aromatic N) is 5. The Morgan fingerprint density at radius 2 is 1.73 bits per heavy atom. The summed E-state index contributed by atoms with van der Waals surface area (Å²) in [5.74, 6) is 0.145. The largest absolute Gasteiger partial charge is 0.497 e. The van der Waals surface area contributed by atoms with Crippen molar-refractivity contribution in [1.82, 2.24) is 24.4 Å². The van der Waals surface area contributed by atoms with Gasteiger partial charge in [-0.25, -0.2) is 9.50 Å². The second kappa shape index (κ2) is 10.0. The van der Waals surface area contributed by atoms with Gasteiger partial charge in [0.1, 0.15) is 5.75 Å². The fourth-order valence-corrected chi connectivity index (χ4v) is 4.52. The second-order valence-electron chi connectivity index (χ2n) is 8.71. The number of aromatic nitrogens is 3. The molecular formula is C26H23ClF3N5O2. The molecule has 1 saturated heterocycles. The normalized spacial score (nSPS) is 14.8. The molecule has 3 heterocycles. The van der Waals surface area contributed by atoms with Gasteiger partial charge in [-0.3, -0.25) is 9.69 Å². The van der Waals surface area contributed by atoms with E-state index in [4.69, 9.17) is 16.3 Å². The third-order valence-corrected chi connectivity index (χ3v) is 6.70. The quantitative estimate of drug-likeness (QED) is 0.363. The van der Waals surface area contributed by atoms with Gasteiger partial charge in [0.05, 0.1) is 12.8 Å². The van der Waals surface area contributed by atoms with Gasteiger partial charge in [-0.15, -0.1) is 0 Å². The van der Waals surface area contributed by atoms with Gasteiger partial charge in [-0.05, 0) is 42.0 Å². The zero-order valence-electron chi connectivity index (χ0n) is 19.9. The third-order valence-electron chi connectivity index (χ3n) is 6.33. The van der Waals surface area contributed by atoms with E-state index in [-0.39, 0.29) is 17.0 Å². The highest BCUT2D eigenvalue weighted by Crippen LogP contribution is 2.33. The Kier molecular flexibility index (Phi) is 6.78. The molecule has 0 unspecified atom stereocenters. The Bertz CT molecular complexity index is 1430. The number of piperazine rings is 1. The van der Waals surface area contributed by atoms with Crippen LogP contribution in [0.2, 0.25) is 5.02 Å². The van der Waals surface area contributed by atoms with Crippen LogP contribution in [0.4, 0.5) is 13.2 Å². The van der Waals surface area contributed by atoms with Crippen molar-refractivity contribution in [3.05, 3.63) is 82.6 Å². The number of fused-ring (bicyclic) bond motifs is 1. The van der Waals surface area contributed by atoms with Crippen LogP contribution in [0.5, 0.6) is 5.75 Å². The van der Waals surface area contributed by atoms with E-state index in [1.54, 1.807) is 29.2 Å². The molecule has 4 aromatic rings. The Labute approximate surface area is 216 Å². The number of hydrogen-bond donors (Lipinski definition) is 0. The van der Waals surface area contributed by atoms with Gasteiger partial charge in [0.2, 0.25) is 0 Å². The summed E-state index contributed by atoms with van der Waals surface area (Å²) in [6, 6.07) is 16.4. The molecule has 5 rings (SSSR count). The molecule has 11 heteroatoms. The van der Waals surface area contributed by atoms with Crippen LogP contribution < -0.4 is 4.74 Å². The highest BCUT2D eigenvalue weighted by molar-refractivity contribution is 6.31. The zero-order valence-corrected chi connectivity index (χ0v) is 20.6. The molecule has 1 aliphatic rings. The van der Waals surface area contributed by atoms with Crippen LogP contribution in [0, 0.1) is 0 Å². The van der Waals surface area contributed by atoms with E-state index < -0.39 is 17.8 Å².